The van der Waals surface area contributed by atoms with Crippen LogP contribution in [-0.4, -0.2) is 31.4 Å². The zero-order chi connectivity index (χ0) is 18.7. The average Bonchev–Trinajstić information content (AvgIpc) is 3.09. The molecule has 142 valence electrons. The van der Waals surface area contributed by atoms with Crippen molar-refractivity contribution in [2.24, 2.45) is 22.7 Å². The second-order valence-electron chi connectivity index (χ2n) is 8.77. The quantitative estimate of drug-likeness (QED) is 0.718. The van der Waals surface area contributed by atoms with Gasteiger partial charge >= 0.3 is 11.9 Å². The Morgan fingerprint density at radius 2 is 2.00 bits per heavy atom. The molecule has 0 aromatic heterocycles. The minimum Gasteiger partial charge on any atom is -0.458 e. The van der Waals surface area contributed by atoms with Crippen LogP contribution in [0.15, 0.2) is 23.3 Å². The first-order valence-corrected chi connectivity index (χ1v) is 9.66. The highest BCUT2D eigenvalue weighted by Crippen LogP contribution is 2.65. The van der Waals surface area contributed by atoms with Crippen LogP contribution >= 0.6 is 0 Å². The molecule has 6 atom stereocenters. The third-order valence-electron chi connectivity index (χ3n) is 7.72. The van der Waals surface area contributed by atoms with E-state index in [1.54, 1.807) is 6.08 Å². The number of rotatable bonds is 4. The Bertz CT molecular complexity index is 707. The molecule has 5 heteroatoms. The Labute approximate surface area is 154 Å². The van der Waals surface area contributed by atoms with Gasteiger partial charge in [-0.1, -0.05) is 26.8 Å². The second kappa shape index (κ2) is 5.95. The summed E-state index contributed by atoms with van der Waals surface area (Å²) in [5.41, 5.74) is 1.44. The molecule has 26 heavy (non-hydrogen) atoms. The molecule has 1 saturated heterocycles. The fraction of sp³-hybridized carbons (Fsp3) is 0.714. The van der Waals surface area contributed by atoms with Gasteiger partial charge in [-0.05, 0) is 55.4 Å². The van der Waals surface area contributed by atoms with E-state index >= 15 is 0 Å². The molecule has 0 amide bonds. The predicted octanol–water partition coefficient (Wildman–Crippen LogP) is 3.54. The molecule has 4 rings (SSSR count). The van der Waals surface area contributed by atoms with Crippen molar-refractivity contribution in [3.8, 4) is 0 Å². The molecule has 0 aromatic carbocycles. The van der Waals surface area contributed by atoms with Crippen molar-refractivity contribution in [1.29, 1.82) is 0 Å². The fourth-order valence-electron chi connectivity index (χ4n) is 5.93. The first-order chi connectivity index (χ1) is 12.3. The fourth-order valence-corrected chi connectivity index (χ4v) is 5.93. The lowest BCUT2D eigenvalue weighted by atomic mass is 9.46. The molecule has 0 spiro atoms. The van der Waals surface area contributed by atoms with Gasteiger partial charge in [0.05, 0.1) is 0 Å². The maximum atomic E-state index is 12.4. The molecule has 0 N–H and O–H groups in total. The van der Waals surface area contributed by atoms with E-state index in [1.165, 1.54) is 7.11 Å². The number of ether oxygens (including phenoxy) is 3. The van der Waals surface area contributed by atoms with Gasteiger partial charge in [-0.25, -0.2) is 9.59 Å². The lowest BCUT2D eigenvalue weighted by molar-refractivity contribution is -0.155. The number of esters is 2. The molecule has 2 heterocycles. The van der Waals surface area contributed by atoms with E-state index < -0.39 is 6.29 Å². The first-order valence-electron chi connectivity index (χ1n) is 9.66. The van der Waals surface area contributed by atoms with Gasteiger partial charge in [-0.3, -0.25) is 0 Å². The highest BCUT2D eigenvalue weighted by atomic mass is 16.7. The Morgan fingerprint density at radius 1 is 1.23 bits per heavy atom. The van der Waals surface area contributed by atoms with Crippen LogP contribution in [0.4, 0.5) is 0 Å². The predicted molar refractivity (Wildman–Crippen MR) is 94.9 cm³/mol. The van der Waals surface area contributed by atoms with Crippen molar-refractivity contribution in [1.82, 2.24) is 0 Å². The first kappa shape index (κ1) is 17.8. The summed E-state index contributed by atoms with van der Waals surface area (Å²) in [6.07, 6.45) is 7.78. The van der Waals surface area contributed by atoms with Gasteiger partial charge < -0.3 is 14.2 Å². The third-order valence-corrected chi connectivity index (χ3v) is 7.72. The average molecular weight is 360 g/mol. The zero-order valence-corrected chi connectivity index (χ0v) is 16.0. The van der Waals surface area contributed by atoms with Gasteiger partial charge in [0.15, 0.2) is 0 Å². The molecular weight excluding hydrogens is 332 g/mol. The summed E-state index contributed by atoms with van der Waals surface area (Å²) in [5, 5.41) is 0. The SMILES string of the molecule is COC1C=C(CCC2(C)C(C)CC3OC(=O)C4=CCCC2C43C)C(=O)O1. The van der Waals surface area contributed by atoms with Crippen LogP contribution < -0.4 is 0 Å². The van der Waals surface area contributed by atoms with Crippen molar-refractivity contribution in [2.45, 2.75) is 65.3 Å². The van der Waals surface area contributed by atoms with Crippen LogP contribution in [0.25, 0.3) is 0 Å². The van der Waals surface area contributed by atoms with Crippen LogP contribution in [0.2, 0.25) is 0 Å². The lowest BCUT2D eigenvalue weighted by Crippen LogP contribution is -2.54. The molecule has 2 aliphatic heterocycles. The number of methoxy groups -OCH3 is 1. The molecule has 0 aromatic rings. The Kier molecular flexibility index (Phi) is 4.07. The smallest absolute Gasteiger partial charge is 0.336 e. The summed E-state index contributed by atoms with van der Waals surface area (Å²) in [6.45, 7) is 6.82. The van der Waals surface area contributed by atoms with E-state index in [-0.39, 0.29) is 28.9 Å². The number of hydrogen-bond donors (Lipinski definition) is 0. The maximum Gasteiger partial charge on any atom is 0.336 e. The highest BCUT2D eigenvalue weighted by Gasteiger charge is 2.64. The molecule has 1 saturated carbocycles. The third kappa shape index (κ3) is 2.32. The summed E-state index contributed by atoms with van der Waals surface area (Å²) < 4.78 is 16.1. The van der Waals surface area contributed by atoms with Gasteiger partial charge in [0.1, 0.15) is 6.10 Å². The molecule has 5 nitrogen and oxygen atoms in total. The zero-order valence-electron chi connectivity index (χ0n) is 16.0. The van der Waals surface area contributed by atoms with Crippen LogP contribution in [0.5, 0.6) is 0 Å². The monoisotopic (exact) mass is 360 g/mol. The van der Waals surface area contributed by atoms with Crippen LogP contribution in [0, 0.1) is 22.7 Å². The van der Waals surface area contributed by atoms with E-state index in [4.69, 9.17) is 14.2 Å². The van der Waals surface area contributed by atoms with Gasteiger partial charge in [-0.2, -0.15) is 0 Å². The standard InChI is InChI=1S/C21H28O5/c1-12-10-16-21(3)14(19(23)25-16)6-5-7-15(21)20(12,2)9-8-13-11-17(24-4)26-18(13)22/h6,11-12,15-17H,5,7-10H2,1-4H3. The van der Waals surface area contributed by atoms with E-state index in [0.29, 0.717) is 23.8 Å². The molecule has 0 radical (unpaired) electrons. The molecule has 2 aliphatic carbocycles. The van der Waals surface area contributed by atoms with Crippen molar-refractivity contribution >= 4 is 11.9 Å². The maximum absolute atomic E-state index is 12.4. The Morgan fingerprint density at radius 3 is 2.69 bits per heavy atom. The number of hydrogen-bond acceptors (Lipinski definition) is 5. The van der Waals surface area contributed by atoms with Gasteiger partial charge in [-0.15, -0.1) is 0 Å². The summed E-state index contributed by atoms with van der Waals surface area (Å²) in [6, 6.07) is 0. The number of carbonyl (C=O) groups excluding carboxylic acids is 2. The minimum atomic E-state index is -0.555. The van der Waals surface area contributed by atoms with Gasteiger partial charge in [0.2, 0.25) is 6.29 Å². The lowest BCUT2D eigenvalue weighted by Gasteiger charge is -2.57. The van der Waals surface area contributed by atoms with Gasteiger partial charge in [0.25, 0.3) is 0 Å². The van der Waals surface area contributed by atoms with E-state index in [1.807, 2.05) is 0 Å². The van der Waals surface area contributed by atoms with E-state index in [0.717, 1.165) is 31.3 Å². The summed E-state index contributed by atoms with van der Waals surface area (Å²) >= 11 is 0. The molecule has 6 unspecified atom stereocenters. The number of cyclic esters (lactones) is 1. The summed E-state index contributed by atoms with van der Waals surface area (Å²) in [7, 11) is 1.54. The van der Waals surface area contributed by atoms with E-state index in [2.05, 4.69) is 26.8 Å². The van der Waals surface area contributed by atoms with Crippen molar-refractivity contribution in [3.05, 3.63) is 23.3 Å². The second-order valence-corrected chi connectivity index (χ2v) is 8.77. The summed E-state index contributed by atoms with van der Waals surface area (Å²) in [4.78, 5) is 24.4. The molecule has 0 bridgehead atoms. The normalized spacial score (nSPS) is 44.2. The molecule has 4 aliphatic rings. The Hall–Kier alpha value is -1.62. The number of allylic oxidation sites excluding steroid dienone is 1. The van der Waals surface area contributed by atoms with Crippen LogP contribution in [0.3, 0.4) is 0 Å². The van der Waals surface area contributed by atoms with Crippen LogP contribution in [0.1, 0.15) is 52.9 Å². The topological polar surface area (TPSA) is 61.8 Å². The highest BCUT2D eigenvalue weighted by molar-refractivity contribution is 5.93. The van der Waals surface area contributed by atoms with Crippen molar-refractivity contribution in [3.63, 3.8) is 0 Å². The van der Waals surface area contributed by atoms with Crippen LogP contribution in [-0.2, 0) is 23.8 Å². The number of carbonyl (C=O) groups is 2. The van der Waals surface area contributed by atoms with Crippen molar-refractivity contribution in [2.75, 3.05) is 7.11 Å². The summed E-state index contributed by atoms with van der Waals surface area (Å²) in [5.74, 6) is 0.416. The molecule has 2 fully saturated rings. The van der Waals surface area contributed by atoms with E-state index in [9.17, 15) is 9.59 Å². The Balaban J connectivity index is 1.60. The largest absolute Gasteiger partial charge is 0.458 e. The minimum absolute atomic E-state index is 0.0110. The van der Waals surface area contributed by atoms with Gasteiger partial charge in [0, 0.05) is 23.7 Å². The van der Waals surface area contributed by atoms with Crippen molar-refractivity contribution < 1.29 is 23.8 Å². The molecular formula is C21H28O5.